The van der Waals surface area contributed by atoms with Gasteiger partial charge in [0.05, 0.1) is 12.7 Å². The Morgan fingerprint density at radius 1 is 1.56 bits per heavy atom. The lowest BCUT2D eigenvalue weighted by molar-refractivity contribution is -0.118. The average Bonchev–Trinajstić information content (AvgIpc) is 2.55. The van der Waals surface area contributed by atoms with E-state index < -0.39 is 5.91 Å². The molecule has 0 spiro atoms. The molecule has 1 heterocycles. The summed E-state index contributed by atoms with van der Waals surface area (Å²) >= 11 is 0. The van der Waals surface area contributed by atoms with Gasteiger partial charge < -0.3 is 16.4 Å². The van der Waals surface area contributed by atoms with Crippen LogP contribution < -0.4 is 11.5 Å². The monoisotopic (exact) mass is 225 g/mol. The highest BCUT2D eigenvalue weighted by Crippen LogP contribution is 2.12. The molecule has 0 bridgehead atoms. The second-order valence-corrected chi connectivity index (χ2v) is 3.35. The van der Waals surface area contributed by atoms with Crippen LogP contribution in [-0.2, 0) is 11.8 Å². The van der Waals surface area contributed by atoms with Crippen molar-refractivity contribution in [3.63, 3.8) is 0 Å². The van der Waals surface area contributed by atoms with Crippen LogP contribution in [0.25, 0.3) is 0 Å². The molecule has 1 rings (SSSR count). The van der Waals surface area contributed by atoms with Crippen molar-refractivity contribution in [3.05, 3.63) is 11.8 Å². The molecule has 0 radical (unpaired) electrons. The molecule has 0 aliphatic heterocycles. The first-order valence-electron chi connectivity index (χ1n) is 4.82. The highest BCUT2D eigenvalue weighted by atomic mass is 16.2. The number of nitrogens with zero attached hydrogens (tertiary/aromatic N) is 3. The number of aromatic nitrogens is 2. The molecule has 0 aliphatic carbocycles. The van der Waals surface area contributed by atoms with Crippen molar-refractivity contribution in [2.75, 3.05) is 18.8 Å². The first-order chi connectivity index (χ1) is 7.47. The number of carbonyl (C=O) groups excluding carboxylic acids is 2. The van der Waals surface area contributed by atoms with Gasteiger partial charge in [-0.2, -0.15) is 5.10 Å². The Kier molecular flexibility index (Phi) is 3.49. The molecule has 0 aromatic carbocycles. The first kappa shape index (κ1) is 12.0. The molecule has 0 atom stereocenters. The van der Waals surface area contributed by atoms with Crippen LogP contribution in [0.2, 0.25) is 0 Å². The van der Waals surface area contributed by atoms with Crippen molar-refractivity contribution in [2.45, 2.75) is 6.92 Å². The number of anilines is 1. The van der Waals surface area contributed by atoms with Crippen LogP contribution in [0.4, 0.5) is 5.82 Å². The lowest BCUT2D eigenvalue weighted by atomic mass is 10.2. The highest BCUT2D eigenvalue weighted by molar-refractivity contribution is 5.99. The highest BCUT2D eigenvalue weighted by Gasteiger charge is 2.20. The van der Waals surface area contributed by atoms with E-state index in [0.29, 0.717) is 6.54 Å². The Labute approximate surface area is 93.0 Å². The predicted octanol–water partition coefficient (Wildman–Crippen LogP) is -1.05. The van der Waals surface area contributed by atoms with Gasteiger partial charge in [0.15, 0.2) is 0 Å². The van der Waals surface area contributed by atoms with Crippen molar-refractivity contribution in [3.8, 4) is 0 Å². The quantitative estimate of drug-likeness (QED) is 0.681. The average molecular weight is 225 g/mol. The minimum absolute atomic E-state index is 0.121. The summed E-state index contributed by atoms with van der Waals surface area (Å²) in [6.45, 7) is 2.02. The van der Waals surface area contributed by atoms with Crippen LogP contribution in [0, 0.1) is 0 Å². The minimum Gasteiger partial charge on any atom is -0.383 e. The van der Waals surface area contributed by atoms with E-state index in [1.54, 1.807) is 14.0 Å². The summed E-state index contributed by atoms with van der Waals surface area (Å²) in [6.07, 6.45) is 1.38. The lowest BCUT2D eigenvalue weighted by Gasteiger charge is -2.18. The van der Waals surface area contributed by atoms with Gasteiger partial charge in [0.1, 0.15) is 11.4 Å². The third-order valence-corrected chi connectivity index (χ3v) is 2.23. The van der Waals surface area contributed by atoms with E-state index in [4.69, 9.17) is 11.5 Å². The summed E-state index contributed by atoms with van der Waals surface area (Å²) in [5.41, 5.74) is 11.0. The third-order valence-electron chi connectivity index (χ3n) is 2.23. The van der Waals surface area contributed by atoms with Crippen LogP contribution in [-0.4, -0.2) is 39.6 Å². The molecule has 0 fully saturated rings. The molecule has 0 unspecified atom stereocenters. The summed E-state index contributed by atoms with van der Waals surface area (Å²) in [4.78, 5) is 24.0. The second-order valence-electron chi connectivity index (χ2n) is 3.35. The summed E-state index contributed by atoms with van der Waals surface area (Å²) < 4.78 is 1.39. The lowest BCUT2D eigenvalue weighted by Crippen LogP contribution is -2.38. The molecule has 0 saturated carbocycles. The Balaban J connectivity index is 2.91. The molecule has 7 nitrogen and oxygen atoms in total. The maximum absolute atomic E-state index is 11.9. The fraction of sp³-hybridized carbons (Fsp3) is 0.444. The van der Waals surface area contributed by atoms with Crippen molar-refractivity contribution in [1.29, 1.82) is 0 Å². The van der Waals surface area contributed by atoms with Gasteiger partial charge in [0, 0.05) is 13.6 Å². The van der Waals surface area contributed by atoms with Crippen LogP contribution in [0.15, 0.2) is 6.20 Å². The number of hydrogen-bond acceptors (Lipinski definition) is 4. The topological polar surface area (TPSA) is 107 Å². The van der Waals surface area contributed by atoms with Crippen molar-refractivity contribution in [2.24, 2.45) is 12.8 Å². The Morgan fingerprint density at radius 2 is 2.19 bits per heavy atom. The van der Waals surface area contributed by atoms with Gasteiger partial charge in [-0.15, -0.1) is 0 Å². The zero-order valence-corrected chi connectivity index (χ0v) is 9.30. The second kappa shape index (κ2) is 4.65. The first-order valence-corrected chi connectivity index (χ1v) is 4.82. The zero-order chi connectivity index (χ0) is 12.3. The van der Waals surface area contributed by atoms with E-state index in [1.165, 1.54) is 15.8 Å². The minimum atomic E-state index is -0.558. The maximum atomic E-state index is 11.9. The Hall–Kier alpha value is -2.05. The maximum Gasteiger partial charge on any atom is 0.259 e. The number of nitrogen functional groups attached to an aromatic ring is 1. The molecule has 0 aliphatic rings. The number of nitrogens with two attached hydrogens (primary N) is 2. The van der Waals surface area contributed by atoms with Gasteiger partial charge in [-0.3, -0.25) is 14.3 Å². The number of carbonyl (C=O) groups is 2. The van der Waals surface area contributed by atoms with Crippen molar-refractivity contribution >= 4 is 17.6 Å². The molecule has 7 heteroatoms. The summed E-state index contributed by atoms with van der Waals surface area (Å²) in [5, 5.41) is 3.86. The largest absolute Gasteiger partial charge is 0.383 e. The van der Waals surface area contributed by atoms with E-state index >= 15 is 0 Å². The number of primary amides is 1. The summed E-state index contributed by atoms with van der Waals surface area (Å²) in [7, 11) is 1.64. The van der Waals surface area contributed by atoms with Gasteiger partial charge in [-0.1, -0.05) is 0 Å². The molecule has 2 amide bonds. The van der Waals surface area contributed by atoms with Crippen molar-refractivity contribution in [1.82, 2.24) is 14.7 Å². The van der Waals surface area contributed by atoms with Crippen LogP contribution in [0.3, 0.4) is 0 Å². The van der Waals surface area contributed by atoms with E-state index in [-0.39, 0.29) is 23.8 Å². The van der Waals surface area contributed by atoms with Crippen LogP contribution in [0.5, 0.6) is 0 Å². The zero-order valence-electron chi connectivity index (χ0n) is 9.30. The fourth-order valence-corrected chi connectivity index (χ4v) is 1.30. The fourth-order valence-electron chi connectivity index (χ4n) is 1.30. The van der Waals surface area contributed by atoms with Crippen molar-refractivity contribution < 1.29 is 9.59 Å². The Morgan fingerprint density at radius 3 is 2.56 bits per heavy atom. The smallest absolute Gasteiger partial charge is 0.259 e. The van der Waals surface area contributed by atoms with E-state index in [2.05, 4.69) is 5.10 Å². The van der Waals surface area contributed by atoms with Crippen LogP contribution >= 0.6 is 0 Å². The molecule has 0 saturated heterocycles. The number of amides is 2. The Bertz CT molecular complexity index is 412. The van der Waals surface area contributed by atoms with Crippen LogP contribution in [0.1, 0.15) is 17.3 Å². The normalized spacial score (nSPS) is 10.1. The molecule has 1 aromatic rings. The number of hydrogen-bond donors (Lipinski definition) is 2. The SMILES string of the molecule is CCN(CC(N)=O)C(=O)c1cnn(C)c1N. The number of rotatable bonds is 4. The molecule has 16 heavy (non-hydrogen) atoms. The molecule has 1 aromatic heterocycles. The molecule has 4 N–H and O–H groups in total. The van der Waals surface area contributed by atoms with E-state index in [1.807, 2.05) is 0 Å². The van der Waals surface area contributed by atoms with Gasteiger partial charge in [0.25, 0.3) is 5.91 Å². The molecular weight excluding hydrogens is 210 g/mol. The number of aryl methyl sites for hydroxylation is 1. The predicted molar refractivity (Wildman–Crippen MR) is 58.4 cm³/mol. The molecule has 88 valence electrons. The third kappa shape index (κ3) is 2.30. The van der Waals surface area contributed by atoms with Gasteiger partial charge in [-0.25, -0.2) is 0 Å². The summed E-state index contributed by atoms with van der Waals surface area (Å²) in [5.74, 6) is -0.627. The van der Waals surface area contributed by atoms with E-state index in [9.17, 15) is 9.59 Å². The number of likely N-dealkylation sites (N-methyl/N-ethyl adjacent to an activating group) is 1. The van der Waals surface area contributed by atoms with Gasteiger partial charge >= 0.3 is 0 Å². The summed E-state index contributed by atoms with van der Waals surface area (Å²) in [6, 6.07) is 0. The van der Waals surface area contributed by atoms with Gasteiger partial charge in [0.2, 0.25) is 5.91 Å². The van der Waals surface area contributed by atoms with Gasteiger partial charge in [-0.05, 0) is 6.92 Å². The van der Waals surface area contributed by atoms with E-state index in [0.717, 1.165) is 0 Å². The molecular formula is C9H15N5O2. The standard InChI is InChI=1S/C9H15N5O2/c1-3-14(5-7(10)15)9(16)6-4-12-13(2)8(6)11/h4H,3,5,11H2,1-2H3,(H2,10,15).